The number of aliphatic carboxylic acids is 1. The van der Waals surface area contributed by atoms with E-state index >= 15 is 0 Å². The number of carbonyl (C=O) groups is 2. The molecule has 0 aromatic heterocycles. The van der Waals surface area contributed by atoms with Crippen LogP contribution in [0.15, 0.2) is 16.6 Å². The summed E-state index contributed by atoms with van der Waals surface area (Å²) in [5.41, 5.74) is 0.819. The molecule has 1 fully saturated rings. The van der Waals surface area contributed by atoms with E-state index in [9.17, 15) is 9.59 Å². The zero-order valence-corrected chi connectivity index (χ0v) is 14.1. The summed E-state index contributed by atoms with van der Waals surface area (Å²) in [6.45, 7) is 1.02. The van der Waals surface area contributed by atoms with Gasteiger partial charge in [0.05, 0.1) is 12.3 Å². The van der Waals surface area contributed by atoms with Gasteiger partial charge in [0.25, 0.3) is 0 Å². The molecule has 2 atom stereocenters. The quantitative estimate of drug-likeness (QED) is 0.831. The third kappa shape index (κ3) is 3.77. The topological polar surface area (TPSA) is 84.9 Å². The predicted molar refractivity (Wildman–Crippen MR) is 85.7 cm³/mol. The van der Waals surface area contributed by atoms with Crippen molar-refractivity contribution in [2.45, 2.75) is 31.7 Å². The second-order valence-corrected chi connectivity index (χ2v) is 6.73. The van der Waals surface area contributed by atoms with E-state index in [1.54, 1.807) is 0 Å². The lowest BCUT2D eigenvalue weighted by atomic mass is 10.1. The number of ether oxygens (including phenoxy) is 2. The maximum Gasteiger partial charge on any atom is 0.306 e. The minimum atomic E-state index is -0.781. The maximum absolute atomic E-state index is 12.2. The second-order valence-electron chi connectivity index (χ2n) is 5.88. The number of carbonyl (C=O) groups excluding carboxylic acids is 1. The van der Waals surface area contributed by atoms with Gasteiger partial charge in [0.15, 0.2) is 11.5 Å². The summed E-state index contributed by atoms with van der Waals surface area (Å²) >= 11 is 3.45. The van der Waals surface area contributed by atoms with Crippen molar-refractivity contribution in [3.05, 3.63) is 22.2 Å². The fraction of sp³-hybridized carbons (Fsp3) is 0.500. The molecule has 3 rings (SSSR count). The lowest BCUT2D eigenvalue weighted by Gasteiger charge is -2.20. The van der Waals surface area contributed by atoms with Gasteiger partial charge in [-0.1, -0.05) is 15.9 Å². The Hall–Kier alpha value is -1.76. The van der Waals surface area contributed by atoms with Gasteiger partial charge in [0.1, 0.15) is 13.2 Å². The first-order valence-corrected chi connectivity index (χ1v) is 8.42. The number of carboxylic acid groups (broad SMARTS) is 1. The van der Waals surface area contributed by atoms with Crippen molar-refractivity contribution in [1.82, 2.24) is 5.32 Å². The molecule has 0 bridgehead atoms. The lowest BCUT2D eigenvalue weighted by molar-refractivity contribution is -0.141. The summed E-state index contributed by atoms with van der Waals surface area (Å²) in [5, 5.41) is 11.9. The molecule has 1 saturated carbocycles. The molecule has 2 aliphatic rings. The predicted octanol–water partition coefficient (Wildman–Crippen LogP) is 2.13. The molecule has 0 spiro atoms. The minimum absolute atomic E-state index is 0.0559. The monoisotopic (exact) mass is 383 g/mol. The SMILES string of the molecule is O=C(Cc1cc2c(cc1Br)OCCO2)N[C@H]1CC[C@@H](C(=O)O)C1. The average molecular weight is 384 g/mol. The van der Waals surface area contributed by atoms with Gasteiger partial charge in [0.2, 0.25) is 5.91 Å². The molecule has 1 aromatic rings. The van der Waals surface area contributed by atoms with Crippen molar-refractivity contribution in [2.75, 3.05) is 13.2 Å². The fourth-order valence-electron chi connectivity index (χ4n) is 3.03. The van der Waals surface area contributed by atoms with E-state index in [4.69, 9.17) is 14.6 Å². The zero-order chi connectivity index (χ0) is 16.4. The summed E-state index contributed by atoms with van der Waals surface area (Å²) in [7, 11) is 0. The van der Waals surface area contributed by atoms with E-state index in [1.165, 1.54) is 0 Å². The largest absolute Gasteiger partial charge is 0.486 e. The molecule has 0 saturated heterocycles. The van der Waals surface area contributed by atoms with Crippen LogP contribution in [0.1, 0.15) is 24.8 Å². The molecule has 2 N–H and O–H groups in total. The van der Waals surface area contributed by atoms with E-state index in [0.717, 1.165) is 10.0 Å². The lowest BCUT2D eigenvalue weighted by Crippen LogP contribution is -2.34. The molecular weight excluding hydrogens is 366 g/mol. The Morgan fingerprint density at radius 2 is 1.91 bits per heavy atom. The Morgan fingerprint density at radius 3 is 2.57 bits per heavy atom. The van der Waals surface area contributed by atoms with Gasteiger partial charge in [-0.15, -0.1) is 0 Å². The van der Waals surface area contributed by atoms with Crippen LogP contribution in [0.2, 0.25) is 0 Å². The summed E-state index contributed by atoms with van der Waals surface area (Å²) < 4.78 is 11.8. The molecule has 23 heavy (non-hydrogen) atoms. The van der Waals surface area contributed by atoms with Crippen LogP contribution in [0.5, 0.6) is 11.5 Å². The van der Waals surface area contributed by atoms with Gasteiger partial charge in [0, 0.05) is 10.5 Å². The van der Waals surface area contributed by atoms with Gasteiger partial charge in [-0.05, 0) is 37.0 Å². The van der Waals surface area contributed by atoms with Crippen LogP contribution in [0.4, 0.5) is 0 Å². The number of halogens is 1. The highest BCUT2D eigenvalue weighted by Gasteiger charge is 2.30. The van der Waals surface area contributed by atoms with Crippen LogP contribution in [0.3, 0.4) is 0 Å². The van der Waals surface area contributed by atoms with Crippen LogP contribution in [-0.4, -0.2) is 36.2 Å². The van der Waals surface area contributed by atoms with Crippen molar-refractivity contribution in [3.63, 3.8) is 0 Å². The molecular formula is C16H18BrNO5. The van der Waals surface area contributed by atoms with Crippen molar-refractivity contribution < 1.29 is 24.2 Å². The molecule has 6 nitrogen and oxygen atoms in total. The highest BCUT2D eigenvalue weighted by molar-refractivity contribution is 9.10. The molecule has 0 unspecified atom stereocenters. The Balaban J connectivity index is 1.61. The van der Waals surface area contributed by atoms with Crippen molar-refractivity contribution in [3.8, 4) is 11.5 Å². The average Bonchev–Trinajstić information content (AvgIpc) is 2.96. The Bertz CT molecular complexity index is 633. The molecule has 0 radical (unpaired) electrons. The van der Waals surface area contributed by atoms with Crippen molar-refractivity contribution >= 4 is 27.8 Å². The molecule has 1 aliphatic carbocycles. The first-order valence-electron chi connectivity index (χ1n) is 7.63. The van der Waals surface area contributed by atoms with Gasteiger partial charge in [-0.2, -0.15) is 0 Å². The third-order valence-corrected chi connectivity index (χ3v) is 4.95. The van der Waals surface area contributed by atoms with E-state index in [-0.39, 0.29) is 24.3 Å². The number of fused-ring (bicyclic) bond motifs is 1. The molecule has 124 valence electrons. The Labute approximate surface area is 142 Å². The molecule has 7 heteroatoms. The van der Waals surface area contributed by atoms with Gasteiger partial charge >= 0.3 is 5.97 Å². The number of hydrogen-bond donors (Lipinski definition) is 2. The Kier molecular flexibility index (Phi) is 4.75. The van der Waals surface area contributed by atoms with Crippen LogP contribution in [0, 0.1) is 5.92 Å². The van der Waals surface area contributed by atoms with Crippen LogP contribution in [-0.2, 0) is 16.0 Å². The van der Waals surface area contributed by atoms with E-state index in [0.29, 0.717) is 44.0 Å². The highest BCUT2D eigenvalue weighted by Crippen LogP contribution is 2.35. The van der Waals surface area contributed by atoms with Gasteiger partial charge in [-0.3, -0.25) is 9.59 Å². The third-order valence-electron chi connectivity index (χ3n) is 4.21. The van der Waals surface area contributed by atoms with Gasteiger partial charge in [-0.25, -0.2) is 0 Å². The first kappa shape index (κ1) is 16.1. The number of amides is 1. The molecule has 1 aliphatic heterocycles. The molecule has 1 aromatic carbocycles. The van der Waals surface area contributed by atoms with E-state index in [2.05, 4.69) is 21.2 Å². The molecule has 1 amide bonds. The number of benzene rings is 1. The first-order chi connectivity index (χ1) is 11.0. The smallest absolute Gasteiger partial charge is 0.306 e. The molecule has 1 heterocycles. The number of carboxylic acids is 1. The summed E-state index contributed by atoms with van der Waals surface area (Å²) in [5.74, 6) is 0.0810. The van der Waals surface area contributed by atoms with E-state index < -0.39 is 5.97 Å². The number of nitrogens with one attached hydrogen (secondary N) is 1. The minimum Gasteiger partial charge on any atom is -0.486 e. The fourth-order valence-corrected chi connectivity index (χ4v) is 3.49. The summed E-state index contributed by atoms with van der Waals surface area (Å²) in [6.07, 6.45) is 2.05. The van der Waals surface area contributed by atoms with Crippen LogP contribution < -0.4 is 14.8 Å². The highest BCUT2D eigenvalue weighted by atomic mass is 79.9. The van der Waals surface area contributed by atoms with Gasteiger partial charge < -0.3 is 19.9 Å². The van der Waals surface area contributed by atoms with Crippen LogP contribution >= 0.6 is 15.9 Å². The number of rotatable bonds is 4. The number of hydrogen-bond acceptors (Lipinski definition) is 4. The van der Waals surface area contributed by atoms with E-state index in [1.807, 2.05) is 12.1 Å². The van der Waals surface area contributed by atoms with Crippen molar-refractivity contribution in [1.29, 1.82) is 0 Å². The summed E-state index contributed by atoms with van der Waals surface area (Å²) in [6, 6.07) is 3.57. The zero-order valence-electron chi connectivity index (χ0n) is 12.5. The van der Waals surface area contributed by atoms with Crippen molar-refractivity contribution in [2.24, 2.45) is 5.92 Å². The Morgan fingerprint density at radius 1 is 1.22 bits per heavy atom. The normalized spacial score (nSPS) is 22.7. The van der Waals surface area contributed by atoms with Crippen LogP contribution in [0.25, 0.3) is 0 Å². The second kappa shape index (κ2) is 6.78. The maximum atomic E-state index is 12.2. The summed E-state index contributed by atoms with van der Waals surface area (Å²) in [4.78, 5) is 23.2. The standard InChI is InChI=1S/C16H18BrNO5/c17-12-8-14-13(22-3-4-23-14)6-10(12)7-15(19)18-11-2-1-9(5-11)16(20)21/h6,8-9,11H,1-5,7H2,(H,18,19)(H,20,21)/t9-,11+/m1/s1.